The number of piperidine rings is 1. The molecule has 0 aliphatic carbocycles. The zero-order chi connectivity index (χ0) is 12.3. The van der Waals surface area contributed by atoms with Gasteiger partial charge in [-0.25, -0.2) is 4.99 Å². The van der Waals surface area contributed by atoms with E-state index in [0.717, 1.165) is 30.3 Å². The third-order valence-corrected chi connectivity index (χ3v) is 3.46. The minimum Gasteiger partial charge on any atom is -0.467 e. The average Bonchev–Trinajstić information content (AvgIpc) is 2.73. The molecule has 1 aromatic heterocycles. The van der Waals surface area contributed by atoms with E-state index in [1.165, 1.54) is 12.8 Å². The molecule has 94 valence electrons. The molecule has 17 heavy (non-hydrogen) atoms. The predicted octanol–water partition coefficient (Wildman–Crippen LogP) is 2.13. The lowest BCUT2D eigenvalue weighted by molar-refractivity contribution is 0.277. The lowest BCUT2D eigenvalue weighted by Gasteiger charge is -2.30. The van der Waals surface area contributed by atoms with Crippen LogP contribution in [0.15, 0.2) is 21.7 Å². The van der Waals surface area contributed by atoms with Gasteiger partial charge in [-0.2, -0.15) is 0 Å². The highest BCUT2D eigenvalue weighted by Gasteiger charge is 2.16. The van der Waals surface area contributed by atoms with Crippen LogP contribution < -0.4 is 5.73 Å². The Kier molecular flexibility index (Phi) is 3.71. The molecular formula is C13H21N3O. The van der Waals surface area contributed by atoms with E-state index in [2.05, 4.69) is 16.8 Å². The fraction of sp³-hybridized carbons (Fsp3) is 0.615. The molecule has 0 amide bonds. The summed E-state index contributed by atoms with van der Waals surface area (Å²) >= 11 is 0. The maximum atomic E-state index is 5.99. The van der Waals surface area contributed by atoms with Crippen molar-refractivity contribution in [3.63, 3.8) is 0 Å². The Morgan fingerprint density at radius 3 is 2.82 bits per heavy atom. The summed E-state index contributed by atoms with van der Waals surface area (Å²) in [5.41, 5.74) is 7.13. The first-order valence-corrected chi connectivity index (χ1v) is 6.24. The van der Waals surface area contributed by atoms with Crippen LogP contribution >= 0.6 is 0 Å². The Hall–Kier alpha value is -1.45. The van der Waals surface area contributed by atoms with E-state index in [9.17, 15) is 0 Å². The molecule has 1 aliphatic heterocycles. The van der Waals surface area contributed by atoms with Crippen molar-refractivity contribution in [3.8, 4) is 0 Å². The summed E-state index contributed by atoms with van der Waals surface area (Å²) in [6.45, 7) is 6.89. The largest absolute Gasteiger partial charge is 0.467 e. The number of aryl methyl sites for hydroxylation is 1. The van der Waals surface area contributed by atoms with E-state index in [4.69, 9.17) is 10.2 Å². The van der Waals surface area contributed by atoms with Crippen LogP contribution in [-0.4, -0.2) is 23.9 Å². The monoisotopic (exact) mass is 235 g/mol. The summed E-state index contributed by atoms with van der Waals surface area (Å²) in [7, 11) is 0. The molecule has 4 heteroatoms. The van der Waals surface area contributed by atoms with Crippen molar-refractivity contribution in [2.75, 3.05) is 13.1 Å². The Morgan fingerprint density at radius 2 is 2.24 bits per heavy atom. The summed E-state index contributed by atoms with van der Waals surface area (Å²) in [6, 6.07) is 1.95. The summed E-state index contributed by atoms with van der Waals surface area (Å²) < 4.78 is 5.34. The molecule has 1 fully saturated rings. The van der Waals surface area contributed by atoms with Gasteiger partial charge in [0, 0.05) is 13.1 Å². The number of rotatable bonds is 2. The van der Waals surface area contributed by atoms with Gasteiger partial charge in [-0.1, -0.05) is 6.92 Å². The Balaban J connectivity index is 1.91. The second-order valence-electron chi connectivity index (χ2n) is 4.87. The zero-order valence-electron chi connectivity index (χ0n) is 10.6. The molecule has 0 unspecified atom stereocenters. The first-order valence-electron chi connectivity index (χ1n) is 6.24. The standard InChI is InChI=1S/C13H21N3O/c1-10-3-6-16(7-4-10)13(14)15-9-12-11(2)5-8-17-12/h5,8,10H,3-4,6-7,9H2,1-2H3,(H2,14,15). The van der Waals surface area contributed by atoms with Crippen LogP contribution in [0, 0.1) is 12.8 Å². The highest BCUT2D eigenvalue weighted by atomic mass is 16.3. The van der Waals surface area contributed by atoms with E-state index in [1.54, 1.807) is 6.26 Å². The van der Waals surface area contributed by atoms with Crippen molar-refractivity contribution in [3.05, 3.63) is 23.7 Å². The number of guanidine groups is 1. The molecule has 0 saturated carbocycles. The van der Waals surface area contributed by atoms with Crippen molar-refractivity contribution >= 4 is 5.96 Å². The molecule has 0 radical (unpaired) electrons. The molecule has 2 heterocycles. The normalized spacial score (nSPS) is 18.7. The lowest BCUT2D eigenvalue weighted by Crippen LogP contribution is -2.42. The van der Waals surface area contributed by atoms with E-state index in [0.29, 0.717) is 12.5 Å². The number of likely N-dealkylation sites (tertiary alicyclic amines) is 1. The molecule has 1 saturated heterocycles. The van der Waals surface area contributed by atoms with Gasteiger partial charge in [0.15, 0.2) is 5.96 Å². The van der Waals surface area contributed by atoms with Crippen LogP contribution in [0.3, 0.4) is 0 Å². The highest BCUT2D eigenvalue weighted by Crippen LogP contribution is 2.16. The van der Waals surface area contributed by atoms with Crippen molar-refractivity contribution in [1.29, 1.82) is 0 Å². The number of hydrogen-bond acceptors (Lipinski definition) is 2. The summed E-state index contributed by atoms with van der Waals surface area (Å²) in [5.74, 6) is 2.36. The van der Waals surface area contributed by atoms with Crippen molar-refractivity contribution in [2.24, 2.45) is 16.6 Å². The van der Waals surface area contributed by atoms with Crippen LogP contribution in [0.2, 0.25) is 0 Å². The van der Waals surface area contributed by atoms with Gasteiger partial charge in [0.05, 0.1) is 6.26 Å². The van der Waals surface area contributed by atoms with Crippen LogP contribution in [0.4, 0.5) is 0 Å². The quantitative estimate of drug-likeness (QED) is 0.631. The van der Waals surface area contributed by atoms with Crippen molar-refractivity contribution < 1.29 is 4.42 Å². The fourth-order valence-corrected chi connectivity index (χ4v) is 2.06. The molecule has 4 nitrogen and oxygen atoms in total. The van der Waals surface area contributed by atoms with Crippen LogP contribution in [0.25, 0.3) is 0 Å². The summed E-state index contributed by atoms with van der Waals surface area (Å²) in [5, 5.41) is 0. The number of nitrogens with two attached hydrogens (primary N) is 1. The maximum Gasteiger partial charge on any atom is 0.191 e. The fourth-order valence-electron chi connectivity index (χ4n) is 2.06. The van der Waals surface area contributed by atoms with E-state index in [-0.39, 0.29) is 0 Å². The second-order valence-corrected chi connectivity index (χ2v) is 4.87. The summed E-state index contributed by atoms with van der Waals surface area (Å²) in [6.07, 6.45) is 4.10. The molecule has 0 bridgehead atoms. The van der Waals surface area contributed by atoms with Crippen LogP contribution in [0.5, 0.6) is 0 Å². The van der Waals surface area contributed by atoms with Gasteiger partial charge < -0.3 is 15.1 Å². The molecule has 2 rings (SSSR count). The zero-order valence-corrected chi connectivity index (χ0v) is 10.6. The van der Waals surface area contributed by atoms with Gasteiger partial charge in [0.25, 0.3) is 0 Å². The molecule has 2 N–H and O–H groups in total. The Morgan fingerprint density at radius 1 is 1.53 bits per heavy atom. The first kappa shape index (κ1) is 12.0. The number of hydrogen-bond donors (Lipinski definition) is 1. The van der Waals surface area contributed by atoms with Gasteiger partial charge in [0.2, 0.25) is 0 Å². The molecule has 0 spiro atoms. The smallest absolute Gasteiger partial charge is 0.191 e. The average molecular weight is 235 g/mol. The van der Waals surface area contributed by atoms with Crippen LogP contribution in [-0.2, 0) is 6.54 Å². The third-order valence-electron chi connectivity index (χ3n) is 3.46. The van der Waals surface area contributed by atoms with Crippen LogP contribution in [0.1, 0.15) is 31.1 Å². The van der Waals surface area contributed by atoms with Gasteiger partial charge >= 0.3 is 0 Å². The van der Waals surface area contributed by atoms with E-state index in [1.807, 2.05) is 13.0 Å². The topological polar surface area (TPSA) is 54.8 Å². The Bertz CT molecular complexity index is 389. The number of nitrogens with zero attached hydrogens (tertiary/aromatic N) is 2. The Labute approximate surface area is 102 Å². The first-order chi connectivity index (χ1) is 8.16. The van der Waals surface area contributed by atoms with Gasteiger partial charge in [-0.15, -0.1) is 0 Å². The number of aliphatic imine (C=N–C) groups is 1. The summed E-state index contributed by atoms with van der Waals surface area (Å²) in [4.78, 5) is 6.57. The highest BCUT2D eigenvalue weighted by molar-refractivity contribution is 5.78. The molecule has 1 aliphatic rings. The van der Waals surface area contributed by atoms with Gasteiger partial charge in [-0.3, -0.25) is 0 Å². The van der Waals surface area contributed by atoms with E-state index >= 15 is 0 Å². The second kappa shape index (κ2) is 5.25. The molecule has 0 atom stereocenters. The third kappa shape index (κ3) is 3.02. The predicted molar refractivity (Wildman–Crippen MR) is 68.7 cm³/mol. The molecular weight excluding hydrogens is 214 g/mol. The number of furan rings is 1. The minimum atomic E-state index is 0.538. The SMILES string of the molecule is Cc1ccoc1CN=C(N)N1CCC(C)CC1. The minimum absolute atomic E-state index is 0.538. The van der Waals surface area contributed by atoms with Gasteiger partial charge in [-0.05, 0) is 37.3 Å². The van der Waals surface area contributed by atoms with E-state index < -0.39 is 0 Å². The maximum absolute atomic E-state index is 5.99. The molecule has 1 aromatic rings. The van der Waals surface area contributed by atoms with Crippen molar-refractivity contribution in [2.45, 2.75) is 33.2 Å². The lowest BCUT2D eigenvalue weighted by atomic mass is 10.00. The molecule has 0 aromatic carbocycles. The van der Waals surface area contributed by atoms with Crippen molar-refractivity contribution in [1.82, 2.24) is 4.90 Å². The van der Waals surface area contributed by atoms with Gasteiger partial charge in [0.1, 0.15) is 12.3 Å².